The Kier molecular flexibility index (Phi) is 9.39. The molecule has 1 saturated carbocycles. The Labute approximate surface area is 187 Å². The third kappa shape index (κ3) is 7.68. The van der Waals surface area contributed by atoms with Crippen molar-refractivity contribution in [3.05, 3.63) is 53.9 Å². The van der Waals surface area contributed by atoms with Crippen LogP contribution in [0.15, 0.2) is 42.6 Å². The molecule has 0 saturated heterocycles. The van der Waals surface area contributed by atoms with Gasteiger partial charge in [-0.3, -0.25) is 4.98 Å². The summed E-state index contributed by atoms with van der Waals surface area (Å²) in [4.78, 5) is 16.8. The highest BCUT2D eigenvalue weighted by atomic mass is 16.5. The molecule has 2 aromatic rings. The second-order valence-electron chi connectivity index (χ2n) is 8.75. The Balaban J connectivity index is 1.39. The van der Waals surface area contributed by atoms with E-state index in [2.05, 4.69) is 11.9 Å². The summed E-state index contributed by atoms with van der Waals surface area (Å²) in [6, 6.07) is 10.8. The van der Waals surface area contributed by atoms with Gasteiger partial charge in [0, 0.05) is 5.69 Å². The highest BCUT2D eigenvalue weighted by Gasteiger charge is 2.20. The predicted octanol–water partition coefficient (Wildman–Crippen LogP) is 7.02. The quantitative estimate of drug-likeness (QED) is 0.288. The van der Waals surface area contributed by atoms with Crippen LogP contribution in [0.25, 0.3) is 0 Å². The van der Waals surface area contributed by atoms with E-state index in [4.69, 9.17) is 9.47 Å². The van der Waals surface area contributed by atoms with Crippen molar-refractivity contribution in [2.24, 2.45) is 11.8 Å². The van der Waals surface area contributed by atoms with Crippen molar-refractivity contribution in [1.82, 2.24) is 4.98 Å². The van der Waals surface area contributed by atoms with Crippen molar-refractivity contribution in [3.63, 3.8) is 0 Å². The number of ether oxygens (including phenoxy) is 2. The van der Waals surface area contributed by atoms with Crippen LogP contribution in [0.2, 0.25) is 0 Å². The zero-order valence-electron chi connectivity index (χ0n) is 19.1. The van der Waals surface area contributed by atoms with Crippen molar-refractivity contribution >= 4 is 5.97 Å². The Morgan fingerprint density at radius 1 is 0.903 bits per heavy atom. The van der Waals surface area contributed by atoms with Gasteiger partial charge in [0.1, 0.15) is 11.5 Å². The zero-order valence-corrected chi connectivity index (χ0v) is 19.1. The fourth-order valence-electron chi connectivity index (χ4n) is 4.48. The Morgan fingerprint density at radius 2 is 1.58 bits per heavy atom. The first-order chi connectivity index (χ1) is 15.2. The van der Waals surface area contributed by atoms with E-state index in [1.807, 2.05) is 19.1 Å². The van der Waals surface area contributed by atoms with Gasteiger partial charge in [-0.2, -0.15) is 0 Å². The normalized spacial score (nSPS) is 18.5. The average molecular weight is 424 g/mol. The number of unbranched alkanes of at least 4 members (excludes halogenated alkanes) is 2. The summed E-state index contributed by atoms with van der Waals surface area (Å²) in [5, 5.41) is 0. The molecule has 31 heavy (non-hydrogen) atoms. The molecule has 0 spiro atoms. The highest BCUT2D eigenvalue weighted by Crippen LogP contribution is 2.34. The highest BCUT2D eigenvalue weighted by molar-refractivity contribution is 5.91. The molecule has 1 aromatic carbocycles. The van der Waals surface area contributed by atoms with Gasteiger partial charge in [0.2, 0.25) is 0 Å². The maximum absolute atomic E-state index is 12.3. The molecule has 1 aromatic heterocycles. The van der Waals surface area contributed by atoms with Crippen LogP contribution in [0.1, 0.15) is 87.7 Å². The zero-order chi connectivity index (χ0) is 21.9. The van der Waals surface area contributed by atoms with E-state index in [1.54, 1.807) is 30.5 Å². The molecule has 0 unspecified atom stereocenters. The summed E-state index contributed by atoms with van der Waals surface area (Å²) in [5.74, 6) is 2.64. The first kappa shape index (κ1) is 23.3. The molecule has 1 heterocycles. The van der Waals surface area contributed by atoms with Crippen LogP contribution in [0, 0.1) is 11.8 Å². The number of aromatic nitrogens is 1. The summed E-state index contributed by atoms with van der Waals surface area (Å²) < 4.78 is 10.9. The molecular weight excluding hydrogens is 386 g/mol. The van der Waals surface area contributed by atoms with Gasteiger partial charge in [-0.15, -0.1) is 0 Å². The van der Waals surface area contributed by atoms with E-state index >= 15 is 0 Å². The number of benzene rings is 1. The van der Waals surface area contributed by atoms with Crippen LogP contribution in [0.5, 0.6) is 11.5 Å². The minimum absolute atomic E-state index is 0.381. The van der Waals surface area contributed by atoms with E-state index in [9.17, 15) is 4.79 Å². The van der Waals surface area contributed by atoms with Crippen LogP contribution in [0.4, 0.5) is 0 Å². The first-order valence-corrected chi connectivity index (χ1v) is 12.1. The molecule has 0 bridgehead atoms. The number of carbonyl (C=O) groups is 1. The van der Waals surface area contributed by atoms with Crippen molar-refractivity contribution in [1.29, 1.82) is 0 Å². The molecule has 4 nitrogen and oxygen atoms in total. The summed E-state index contributed by atoms with van der Waals surface area (Å²) in [6.45, 7) is 4.81. The molecule has 3 rings (SSSR count). The lowest BCUT2D eigenvalue weighted by Gasteiger charge is -2.28. The largest absolute Gasteiger partial charge is 0.494 e. The Morgan fingerprint density at radius 3 is 2.19 bits per heavy atom. The second kappa shape index (κ2) is 12.5. The number of hydrogen-bond acceptors (Lipinski definition) is 4. The van der Waals surface area contributed by atoms with E-state index in [-0.39, 0.29) is 5.97 Å². The number of esters is 1. The summed E-state index contributed by atoms with van der Waals surface area (Å²) in [7, 11) is 0. The number of hydrogen-bond donors (Lipinski definition) is 0. The maximum atomic E-state index is 12.3. The lowest BCUT2D eigenvalue weighted by Crippen LogP contribution is -2.15. The minimum atomic E-state index is -0.381. The van der Waals surface area contributed by atoms with E-state index in [0.717, 1.165) is 29.7 Å². The molecule has 0 aliphatic heterocycles. The van der Waals surface area contributed by atoms with E-state index in [0.29, 0.717) is 17.9 Å². The second-order valence-corrected chi connectivity index (χ2v) is 8.75. The van der Waals surface area contributed by atoms with Crippen molar-refractivity contribution in [2.45, 2.75) is 78.1 Å². The van der Waals surface area contributed by atoms with Gasteiger partial charge in [-0.05, 0) is 68.0 Å². The van der Waals surface area contributed by atoms with Gasteiger partial charge < -0.3 is 9.47 Å². The maximum Gasteiger partial charge on any atom is 0.343 e. The Bertz CT molecular complexity index is 777. The fourth-order valence-corrected chi connectivity index (χ4v) is 4.48. The van der Waals surface area contributed by atoms with Crippen LogP contribution in [-0.4, -0.2) is 17.6 Å². The average Bonchev–Trinajstić information content (AvgIpc) is 2.80. The smallest absolute Gasteiger partial charge is 0.343 e. The van der Waals surface area contributed by atoms with Crippen LogP contribution < -0.4 is 9.47 Å². The molecule has 0 radical (unpaired) electrons. The number of aryl methyl sites for hydroxylation is 1. The monoisotopic (exact) mass is 423 g/mol. The van der Waals surface area contributed by atoms with Gasteiger partial charge in [0.05, 0.1) is 18.4 Å². The van der Waals surface area contributed by atoms with Gasteiger partial charge in [0.25, 0.3) is 0 Å². The summed E-state index contributed by atoms with van der Waals surface area (Å²) in [6.07, 6.45) is 15.0. The Hall–Kier alpha value is -2.36. The molecule has 0 N–H and O–H groups in total. The molecule has 168 valence electrons. The van der Waals surface area contributed by atoms with Gasteiger partial charge in [-0.25, -0.2) is 4.79 Å². The molecule has 0 amide bonds. The van der Waals surface area contributed by atoms with E-state index in [1.165, 1.54) is 57.8 Å². The van der Waals surface area contributed by atoms with Crippen molar-refractivity contribution in [3.8, 4) is 11.5 Å². The SMILES string of the molecule is CCCCCC1CCC(CCc2ccc(OC(=O)c3ccc(OCC)cc3)cn2)CC1. The van der Waals surface area contributed by atoms with Gasteiger partial charge >= 0.3 is 5.97 Å². The molecular formula is C27H37NO3. The van der Waals surface area contributed by atoms with Crippen molar-refractivity contribution in [2.75, 3.05) is 6.61 Å². The lowest BCUT2D eigenvalue weighted by atomic mass is 9.78. The predicted molar refractivity (Wildman–Crippen MR) is 125 cm³/mol. The minimum Gasteiger partial charge on any atom is -0.494 e. The topological polar surface area (TPSA) is 48.4 Å². The van der Waals surface area contributed by atoms with Crippen LogP contribution >= 0.6 is 0 Å². The first-order valence-electron chi connectivity index (χ1n) is 12.1. The lowest BCUT2D eigenvalue weighted by molar-refractivity contribution is 0.0734. The fraction of sp³-hybridized carbons (Fsp3) is 0.556. The molecule has 1 aliphatic carbocycles. The third-order valence-corrected chi connectivity index (χ3v) is 6.40. The van der Waals surface area contributed by atoms with Gasteiger partial charge in [-0.1, -0.05) is 58.3 Å². The third-order valence-electron chi connectivity index (χ3n) is 6.40. The van der Waals surface area contributed by atoms with Crippen molar-refractivity contribution < 1.29 is 14.3 Å². The summed E-state index contributed by atoms with van der Waals surface area (Å²) >= 11 is 0. The molecule has 4 heteroatoms. The molecule has 0 atom stereocenters. The molecule has 1 fully saturated rings. The van der Waals surface area contributed by atoms with Crippen LogP contribution in [0.3, 0.4) is 0 Å². The van der Waals surface area contributed by atoms with Crippen LogP contribution in [-0.2, 0) is 6.42 Å². The number of rotatable bonds is 11. The standard InChI is InChI=1S/C27H37NO3/c1-3-5-6-7-21-8-10-22(11-9-21)12-15-24-16-19-26(20-28-24)31-27(29)23-13-17-25(18-14-23)30-4-2/h13-14,16-22H,3-12,15H2,1-2H3. The summed E-state index contributed by atoms with van der Waals surface area (Å²) in [5.41, 5.74) is 1.57. The number of nitrogens with zero attached hydrogens (tertiary/aromatic N) is 1. The van der Waals surface area contributed by atoms with Gasteiger partial charge in [0.15, 0.2) is 0 Å². The molecule has 1 aliphatic rings. The number of pyridine rings is 1. The number of carbonyl (C=O) groups excluding carboxylic acids is 1. The van der Waals surface area contributed by atoms with E-state index < -0.39 is 0 Å².